The number of rotatable bonds is 12. The molecule has 0 radical (unpaired) electrons. The molecule has 5 aliphatic rings. The first-order valence-corrected chi connectivity index (χ1v) is 30.6. The van der Waals surface area contributed by atoms with Crippen molar-refractivity contribution in [3.63, 3.8) is 0 Å². The molecule has 17 rings (SSSR count). The van der Waals surface area contributed by atoms with E-state index in [0.29, 0.717) is 92.8 Å². The van der Waals surface area contributed by atoms with Crippen LogP contribution in [-0.4, -0.2) is 63.7 Å². The standard InChI is InChI=1S/C72H56N8O10.4Na/c1-5-29-33-9-35-30(6-2)37-13-51-32(8-4)52-14-38-31(7-3)36-10-34(29)40-12-42(36)46-18-56-58(78-67(76-56)27-71(85)86)20-48(46)50(38)22-62(52)90-64-24-60-59(79-68(80-60)28-72(87)88)23-63(64)89-61(51)21-49(37)47-19-57-55(75-66(77-57)26-70(83)84)17-45(47)41(35)11-39(33)43-15-53-54(16-44(40)43)74-65(73-53)25-69(81)82;;;;/h9-24,29-32H,5-8,25-28H2,1-4H3,(H,73,74)(H,75,77)(H,76,78)(H,79,80)(H,81,82)(H,83,84)(H,85,86)(H,87,88);;;;/q;4*+1/p-4. The van der Waals surface area contributed by atoms with Crippen molar-refractivity contribution in [2.75, 3.05) is 0 Å². The molecule has 444 valence electrons. The molecule has 1 aliphatic heterocycles. The molecule has 18 nitrogen and oxygen atoms in total. The monoisotopic (exact) mass is 1280 g/mol. The Morgan fingerprint density at radius 2 is 0.553 bits per heavy atom. The maximum absolute atomic E-state index is 12.2. The molecule has 0 spiro atoms. The third-order valence-electron chi connectivity index (χ3n) is 19.5. The van der Waals surface area contributed by atoms with Gasteiger partial charge < -0.3 is 69.0 Å². The molecule has 8 bridgehead atoms. The van der Waals surface area contributed by atoms with Gasteiger partial charge in [-0.1, -0.05) is 52.0 Å². The first kappa shape index (κ1) is 65.8. The zero-order valence-electron chi connectivity index (χ0n) is 53.1. The number of aliphatic carboxylic acids is 4. The molecule has 4 aliphatic carbocycles. The topological polar surface area (TPSA) is 294 Å². The van der Waals surface area contributed by atoms with Crippen molar-refractivity contribution in [1.29, 1.82) is 0 Å². The van der Waals surface area contributed by atoms with E-state index >= 15 is 0 Å². The van der Waals surface area contributed by atoms with Gasteiger partial charge in [-0.05, 0) is 186 Å². The Morgan fingerprint density at radius 1 is 0.309 bits per heavy atom. The summed E-state index contributed by atoms with van der Waals surface area (Å²) in [6.45, 7) is 8.85. The molecule has 8 aromatic carbocycles. The van der Waals surface area contributed by atoms with E-state index in [1.807, 2.05) is 12.1 Å². The van der Waals surface area contributed by atoms with Crippen molar-refractivity contribution in [3.05, 3.63) is 165 Å². The Bertz CT molecular complexity index is 5000. The van der Waals surface area contributed by atoms with E-state index < -0.39 is 49.6 Å². The van der Waals surface area contributed by atoms with E-state index in [0.717, 1.165) is 111 Å². The predicted octanol–water partition coefficient (Wildman–Crippen LogP) is -2.30. The fraction of sp³-hybridized carbons (Fsp3) is 0.222. The average molecular weight is 1280 g/mol. The summed E-state index contributed by atoms with van der Waals surface area (Å²) < 4.78 is 14.8. The van der Waals surface area contributed by atoms with Crippen molar-refractivity contribution in [2.24, 2.45) is 0 Å². The Hall–Kier alpha value is -6.88. The van der Waals surface area contributed by atoms with Crippen LogP contribution in [0, 0.1) is 0 Å². The average Bonchev–Trinajstić information content (AvgIpc) is 1.54. The molecular formula is C72H52N8Na4O10. The largest absolute Gasteiger partial charge is 1.00 e. The van der Waals surface area contributed by atoms with Gasteiger partial charge in [0, 0.05) is 96.5 Å². The molecule has 0 amide bonds. The molecule has 4 aromatic heterocycles. The minimum atomic E-state index is -1.29. The van der Waals surface area contributed by atoms with Gasteiger partial charge in [0.2, 0.25) is 0 Å². The van der Waals surface area contributed by atoms with Crippen LogP contribution in [0.3, 0.4) is 0 Å². The molecule has 4 N–H and O–H groups in total. The number of hydrogen-bond acceptors (Lipinski definition) is 14. The van der Waals surface area contributed by atoms with Crippen LogP contribution in [0.4, 0.5) is 0 Å². The number of nitrogens with zero attached hydrogens (tertiary/aromatic N) is 4. The van der Waals surface area contributed by atoms with Gasteiger partial charge in [-0.15, -0.1) is 0 Å². The third-order valence-corrected chi connectivity index (χ3v) is 19.5. The first-order valence-electron chi connectivity index (χ1n) is 30.6. The van der Waals surface area contributed by atoms with Gasteiger partial charge in [-0.3, -0.25) is 0 Å². The van der Waals surface area contributed by atoms with Crippen molar-refractivity contribution >= 4 is 68.0 Å². The van der Waals surface area contributed by atoms with Crippen LogP contribution in [0.5, 0.6) is 23.0 Å². The molecule has 4 unspecified atom stereocenters. The second kappa shape index (κ2) is 24.6. The van der Waals surface area contributed by atoms with Crippen LogP contribution >= 0.6 is 0 Å². The molecule has 0 saturated carbocycles. The molecule has 22 heteroatoms. The Kier molecular flexibility index (Phi) is 17.2. The molecule has 5 heterocycles. The zero-order chi connectivity index (χ0) is 61.4. The Balaban J connectivity index is 0.00000201. The Morgan fingerprint density at radius 3 is 0.851 bits per heavy atom. The number of carbonyl (C=O) groups excluding carboxylic acids is 4. The fourth-order valence-corrected chi connectivity index (χ4v) is 15.8. The van der Waals surface area contributed by atoms with E-state index in [1.54, 1.807) is 12.1 Å². The molecule has 94 heavy (non-hydrogen) atoms. The summed E-state index contributed by atoms with van der Waals surface area (Å²) in [5, 5.41) is 48.5. The molecule has 12 aromatic rings. The number of hydrogen-bond donors (Lipinski definition) is 4. The summed E-state index contributed by atoms with van der Waals surface area (Å²) in [6, 6.07) is 34.3. The van der Waals surface area contributed by atoms with E-state index in [4.69, 9.17) is 29.4 Å². The number of carbonyl (C=O) groups is 4. The van der Waals surface area contributed by atoms with Crippen LogP contribution in [0.15, 0.2) is 97.1 Å². The second-order valence-electron chi connectivity index (χ2n) is 24.5. The summed E-state index contributed by atoms with van der Waals surface area (Å²) in [6.07, 6.45) is 1.02. The van der Waals surface area contributed by atoms with Crippen molar-refractivity contribution in [3.8, 4) is 89.8 Å². The van der Waals surface area contributed by atoms with Gasteiger partial charge in [0.15, 0.2) is 11.5 Å². The molecule has 0 saturated heterocycles. The number of ether oxygens (including phenoxy) is 2. The van der Waals surface area contributed by atoms with Gasteiger partial charge >= 0.3 is 118 Å². The number of H-pyrrole nitrogens is 4. The minimum absolute atomic E-state index is 0. The van der Waals surface area contributed by atoms with Crippen LogP contribution in [-0.2, 0) is 44.9 Å². The first-order chi connectivity index (χ1) is 43.6. The number of carboxylic acids is 4. The molecule has 4 atom stereocenters. The maximum atomic E-state index is 12.2. The van der Waals surface area contributed by atoms with Crippen LogP contribution in [0.25, 0.3) is 111 Å². The summed E-state index contributed by atoms with van der Waals surface area (Å²) in [5.41, 5.74) is 23.9. The van der Waals surface area contributed by atoms with Gasteiger partial charge in [-0.2, -0.15) is 0 Å². The van der Waals surface area contributed by atoms with E-state index in [9.17, 15) is 39.6 Å². The number of carboxylic acid groups (broad SMARTS) is 4. The van der Waals surface area contributed by atoms with Gasteiger partial charge in [0.1, 0.15) is 34.8 Å². The van der Waals surface area contributed by atoms with Crippen molar-refractivity contribution < 1.29 is 167 Å². The normalized spacial score (nSPS) is 16.0. The third kappa shape index (κ3) is 10.4. The number of benzene rings is 8. The van der Waals surface area contributed by atoms with E-state index in [2.05, 4.69) is 120 Å². The number of fused-ring (bicyclic) bond motifs is 14. The smallest absolute Gasteiger partial charge is 0.550 e. The number of nitrogens with one attached hydrogen (secondary N) is 4. The minimum Gasteiger partial charge on any atom is -0.550 e. The number of imidazole rings is 4. The van der Waals surface area contributed by atoms with Crippen molar-refractivity contribution in [1.82, 2.24) is 39.9 Å². The summed E-state index contributed by atoms with van der Waals surface area (Å²) in [7, 11) is 0. The molecular weight excluding hydrogens is 1230 g/mol. The fourth-order valence-electron chi connectivity index (χ4n) is 15.8. The van der Waals surface area contributed by atoms with Gasteiger partial charge in [0.05, 0.1) is 44.1 Å². The Labute approximate surface area is 625 Å². The summed E-state index contributed by atoms with van der Waals surface area (Å²) in [4.78, 5) is 80.9. The van der Waals surface area contributed by atoms with Gasteiger partial charge in [-0.25, -0.2) is 19.9 Å². The van der Waals surface area contributed by atoms with Crippen molar-refractivity contribution in [2.45, 2.75) is 103 Å². The van der Waals surface area contributed by atoms with E-state index in [-0.39, 0.29) is 165 Å². The van der Waals surface area contributed by atoms with Crippen LogP contribution < -0.4 is 148 Å². The SMILES string of the molecule is CCC1c2cc3c4cc2Oc2cc5nc(CC(=O)[O-])[nH]c5cc2Oc2cc5c(cc21)C(CC)c1cc2c(cc1-c1cc6nc(CC(=O)[O-])[nH]c6cc1-5)-c1cc5[nH]c(CC(=O)[O-])nc5cc1-c1cc(c(cc1C2CC)C3CC)-c1cc2nc(CC(=O)[O-])[nH]c2cc1-4.[Na+].[Na+].[Na+].[Na+]. The quantitative estimate of drug-likeness (QED) is 0.0937. The summed E-state index contributed by atoms with van der Waals surface area (Å²) in [5.74, 6) is -3.24. The predicted molar refractivity (Wildman–Crippen MR) is 328 cm³/mol. The second-order valence-corrected chi connectivity index (χ2v) is 24.5. The van der Waals surface area contributed by atoms with Crippen LogP contribution in [0.2, 0.25) is 0 Å². The van der Waals surface area contributed by atoms with E-state index in [1.165, 1.54) is 0 Å². The zero-order valence-corrected chi connectivity index (χ0v) is 61.1. The van der Waals surface area contributed by atoms with Crippen LogP contribution in [0.1, 0.15) is 145 Å². The number of aromatic amines is 4. The summed E-state index contributed by atoms with van der Waals surface area (Å²) >= 11 is 0. The van der Waals surface area contributed by atoms with Gasteiger partial charge in [0.25, 0.3) is 0 Å². The molecule has 0 fully saturated rings. The number of aromatic nitrogens is 8. The maximum Gasteiger partial charge on any atom is 1.00 e.